The Bertz CT molecular complexity index is 2070. The van der Waals surface area contributed by atoms with E-state index in [-0.39, 0.29) is 17.5 Å². The highest BCUT2D eigenvalue weighted by atomic mass is 32.2. The van der Waals surface area contributed by atoms with Crippen molar-refractivity contribution in [2.45, 2.75) is 37.7 Å². The lowest BCUT2D eigenvalue weighted by Gasteiger charge is -2.11. The number of pyridine rings is 2. The maximum atomic E-state index is 14.3. The largest absolute Gasteiger partial charge is 0.473 e. The van der Waals surface area contributed by atoms with Gasteiger partial charge in [0.25, 0.3) is 5.91 Å². The van der Waals surface area contributed by atoms with E-state index in [2.05, 4.69) is 25.4 Å². The van der Waals surface area contributed by atoms with Gasteiger partial charge in [-0.05, 0) is 61.2 Å². The fraction of sp³-hybridized carbons (Fsp3) is 0.235. The summed E-state index contributed by atoms with van der Waals surface area (Å²) in [4.78, 5) is 30.2. The lowest BCUT2D eigenvalue weighted by molar-refractivity contribution is 0.0982. The van der Waals surface area contributed by atoms with Gasteiger partial charge in [0.2, 0.25) is 5.88 Å². The first kappa shape index (κ1) is 30.9. The minimum Gasteiger partial charge on any atom is -0.473 e. The predicted octanol–water partition coefficient (Wildman–Crippen LogP) is 5.52. The van der Waals surface area contributed by atoms with Gasteiger partial charge in [-0.25, -0.2) is 23.4 Å². The Morgan fingerprint density at radius 2 is 2.00 bits per heavy atom. The molecule has 1 fully saturated rings. The molecule has 3 heterocycles. The molecule has 10 nitrogen and oxygen atoms in total. The van der Waals surface area contributed by atoms with Gasteiger partial charge in [0.1, 0.15) is 18.2 Å². The summed E-state index contributed by atoms with van der Waals surface area (Å²) < 4.78 is 42.7. The van der Waals surface area contributed by atoms with E-state index in [1.807, 2.05) is 22.8 Å². The highest BCUT2D eigenvalue weighted by molar-refractivity contribution is 7.99. The molecule has 234 valence electrons. The van der Waals surface area contributed by atoms with Crippen molar-refractivity contribution in [3.8, 4) is 17.1 Å². The summed E-state index contributed by atoms with van der Waals surface area (Å²) in [7, 11) is -1.05. The Morgan fingerprint density at radius 3 is 2.72 bits per heavy atom. The zero-order valence-corrected chi connectivity index (χ0v) is 25.9. The summed E-state index contributed by atoms with van der Waals surface area (Å²) in [5, 5.41) is -0.0576. The van der Waals surface area contributed by atoms with Gasteiger partial charge >= 0.3 is 0 Å². The molecule has 46 heavy (non-hydrogen) atoms. The smallest absolute Gasteiger partial charge is 0.262 e. The molecule has 2 aromatic carbocycles. The van der Waals surface area contributed by atoms with Crippen molar-refractivity contribution in [2.24, 2.45) is 0 Å². The molecule has 1 aliphatic rings. The molecule has 0 aliphatic heterocycles. The molecule has 12 heteroatoms. The van der Waals surface area contributed by atoms with Gasteiger partial charge < -0.3 is 14.0 Å². The van der Waals surface area contributed by atoms with Crippen LogP contribution in [0.25, 0.3) is 27.1 Å². The fourth-order valence-corrected chi connectivity index (χ4v) is 6.50. The highest BCUT2D eigenvalue weighted by Gasteiger charge is 2.32. The number of carbonyl (C=O) groups excluding carboxylic acids is 1. The van der Waals surface area contributed by atoms with Crippen LogP contribution in [0.4, 0.5) is 10.1 Å². The van der Waals surface area contributed by atoms with E-state index in [1.165, 1.54) is 12.1 Å². The van der Waals surface area contributed by atoms with Crippen LogP contribution in [0.1, 0.15) is 40.3 Å². The van der Waals surface area contributed by atoms with Gasteiger partial charge in [0, 0.05) is 60.0 Å². The number of hydrogen-bond donors (Lipinski definition) is 1. The molecule has 1 saturated carbocycles. The SMILES string of the molecule is [C-]#[N+]c1ccc(COc2cccc(-c3ccc(Cc4nc5ccc(C(=O)NS(=C)(=O)C6CC6)cc5n4CCOC)nc3)n2)c(F)c1. The van der Waals surface area contributed by atoms with E-state index in [9.17, 15) is 13.4 Å². The van der Waals surface area contributed by atoms with Gasteiger partial charge in [-0.2, -0.15) is 0 Å². The number of imidazole rings is 1. The summed E-state index contributed by atoms with van der Waals surface area (Å²) in [6.45, 7) is 7.95. The number of rotatable bonds is 12. The number of carbonyl (C=O) groups is 1. The molecule has 0 saturated heterocycles. The second kappa shape index (κ2) is 13.1. The second-order valence-corrected chi connectivity index (χ2v) is 13.3. The number of nitrogens with one attached hydrogen (secondary N) is 1. The van der Waals surface area contributed by atoms with E-state index in [0.29, 0.717) is 42.3 Å². The average Bonchev–Trinajstić information content (AvgIpc) is 3.87. The second-order valence-electron chi connectivity index (χ2n) is 11.0. The van der Waals surface area contributed by atoms with E-state index >= 15 is 0 Å². The minimum absolute atomic E-state index is 0.0231. The molecule has 1 aliphatic carbocycles. The predicted molar refractivity (Wildman–Crippen MR) is 175 cm³/mol. The zero-order chi connectivity index (χ0) is 32.3. The molecular weight excluding hydrogens is 607 g/mol. The molecule has 1 atom stereocenters. The first-order chi connectivity index (χ1) is 22.2. The summed E-state index contributed by atoms with van der Waals surface area (Å²) >= 11 is 0. The van der Waals surface area contributed by atoms with E-state index in [1.54, 1.807) is 49.7 Å². The molecular formula is C34H31FN6O4S. The third-order valence-electron chi connectivity index (χ3n) is 7.66. The number of methoxy groups -OCH3 is 1. The summed E-state index contributed by atoms with van der Waals surface area (Å²) in [5.74, 6) is 3.92. The van der Waals surface area contributed by atoms with Crippen LogP contribution in [-0.4, -0.2) is 54.5 Å². The number of benzene rings is 2. The van der Waals surface area contributed by atoms with E-state index in [0.717, 1.165) is 41.0 Å². The van der Waals surface area contributed by atoms with Crippen LogP contribution in [0.3, 0.4) is 0 Å². The van der Waals surface area contributed by atoms with Crippen molar-refractivity contribution < 1.29 is 22.9 Å². The van der Waals surface area contributed by atoms with Crippen LogP contribution >= 0.6 is 0 Å². The topological polar surface area (TPSA) is 113 Å². The summed E-state index contributed by atoms with van der Waals surface area (Å²) in [5.41, 5.74) is 4.64. The van der Waals surface area contributed by atoms with E-state index < -0.39 is 21.4 Å². The van der Waals surface area contributed by atoms with Gasteiger partial charge in [-0.1, -0.05) is 18.2 Å². The number of hydrogen-bond acceptors (Lipinski definition) is 7. The molecule has 6 rings (SSSR count). The third kappa shape index (κ3) is 6.91. The monoisotopic (exact) mass is 638 g/mol. The lowest BCUT2D eigenvalue weighted by Crippen LogP contribution is -2.33. The summed E-state index contributed by atoms with van der Waals surface area (Å²) in [6.07, 6.45) is 3.78. The van der Waals surface area contributed by atoms with Crippen LogP contribution in [-0.2, 0) is 34.0 Å². The number of aromatic nitrogens is 4. The van der Waals surface area contributed by atoms with Crippen molar-refractivity contribution in [1.82, 2.24) is 24.2 Å². The van der Waals surface area contributed by atoms with Crippen molar-refractivity contribution in [1.29, 1.82) is 0 Å². The Hall–Kier alpha value is -5.12. The Morgan fingerprint density at radius 1 is 1.15 bits per heavy atom. The number of nitrogens with zero attached hydrogens (tertiary/aromatic N) is 5. The molecule has 1 N–H and O–H groups in total. The molecule has 0 bridgehead atoms. The lowest BCUT2D eigenvalue weighted by atomic mass is 10.1. The molecule has 0 radical (unpaired) electrons. The van der Waals surface area contributed by atoms with Crippen LogP contribution < -0.4 is 9.46 Å². The standard InChI is InChI=1S/C34H31FN6O4S/c1-36-25-10-8-24(28(35)18-25)21-45-33-6-4-5-29(39-33)23-7-11-26(37-20-23)19-32-38-30-14-9-22(17-31(30)41(32)15-16-44-2)34(42)40-46(3,43)27-12-13-27/h4-11,14,17-18,20,27H,3,12-13,15-16,19,21H2,2H3,(H,40,42,43). The summed E-state index contributed by atoms with van der Waals surface area (Å²) in [6, 6.07) is 18.6. The van der Waals surface area contributed by atoms with E-state index in [4.69, 9.17) is 21.0 Å². The molecule has 0 spiro atoms. The first-order valence-corrected chi connectivity index (χ1v) is 16.4. The Balaban J connectivity index is 1.18. The number of fused-ring (bicyclic) bond motifs is 1. The number of amides is 1. The van der Waals surface area contributed by atoms with Gasteiger partial charge in [-0.15, -0.1) is 0 Å². The fourth-order valence-electron chi connectivity index (χ4n) is 5.00. The van der Waals surface area contributed by atoms with Gasteiger partial charge in [0.05, 0.1) is 39.6 Å². The quantitative estimate of drug-likeness (QED) is 0.141. The van der Waals surface area contributed by atoms with Crippen LogP contribution in [0.2, 0.25) is 0 Å². The maximum absolute atomic E-state index is 14.3. The Labute approximate surface area is 266 Å². The maximum Gasteiger partial charge on any atom is 0.262 e. The highest BCUT2D eigenvalue weighted by Crippen LogP contribution is 2.28. The molecule has 1 amide bonds. The first-order valence-electron chi connectivity index (χ1n) is 14.6. The van der Waals surface area contributed by atoms with Crippen molar-refractivity contribution in [3.63, 3.8) is 0 Å². The van der Waals surface area contributed by atoms with Crippen LogP contribution in [0, 0.1) is 12.4 Å². The number of ether oxygens (including phenoxy) is 2. The third-order valence-corrected chi connectivity index (χ3v) is 9.74. The van der Waals surface area contributed by atoms with Crippen LogP contribution in [0.15, 0.2) is 72.9 Å². The number of halogens is 1. The van der Waals surface area contributed by atoms with Crippen LogP contribution in [0.5, 0.6) is 5.88 Å². The Kier molecular flexibility index (Phi) is 8.78. The normalized spacial score (nSPS) is 14.0. The van der Waals surface area contributed by atoms with Crippen molar-refractivity contribution >= 4 is 38.2 Å². The van der Waals surface area contributed by atoms with Gasteiger partial charge in [-0.3, -0.25) is 14.5 Å². The molecule has 3 aromatic heterocycles. The van der Waals surface area contributed by atoms with Crippen molar-refractivity contribution in [2.75, 3.05) is 13.7 Å². The zero-order valence-electron chi connectivity index (χ0n) is 25.1. The van der Waals surface area contributed by atoms with Gasteiger partial charge in [0.15, 0.2) is 5.69 Å². The minimum atomic E-state index is -2.68. The molecule has 5 aromatic rings. The van der Waals surface area contributed by atoms with Crippen molar-refractivity contribution in [3.05, 3.63) is 113 Å². The molecule has 1 unspecified atom stereocenters. The average molecular weight is 639 g/mol.